The summed E-state index contributed by atoms with van der Waals surface area (Å²) in [5, 5.41) is 9.58. The number of nitrogens with zero attached hydrogens (tertiary/aromatic N) is 1. The molecule has 0 saturated carbocycles. The van der Waals surface area contributed by atoms with Crippen LogP contribution in [0.5, 0.6) is 5.75 Å². The maximum Gasteiger partial charge on any atom is 0.220 e. The van der Waals surface area contributed by atoms with Crippen LogP contribution in [0.3, 0.4) is 0 Å². The fourth-order valence-corrected chi connectivity index (χ4v) is 2.40. The Morgan fingerprint density at radius 3 is 2.60 bits per heavy atom. The van der Waals surface area contributed by atoms with Gasteiger partial charge in [-0.1, -0.05) is 0 Å². The van der Waals surface area contributed by atoms with Gasteiger partial charge in [0.15, 0.2) is 5.78 Å². The number of hydrogen-bond donors (Lipinski definition) is 2. The highest BCUT2D eigenvalue weighted by Crippen LogP contribution is 2.21. The van der Waals surface area contributed by atoms with Gasteiger partial charge in [-0.25, -0.2) is 4.39 Å². The number of hydrogen-bond acceptors (Lipinski definition) is 4. The minimum absolute atomic E-state index is 0.0120. The molecule has 0 atom stereocenters. The number of Topliss-reactive ketones (excluding diaryl/α,β-unsaturated/α-hetero) is 1. The number of phenols is 1. The molecule has 1 amide bonds. The minimum Gasteiger partial charge on any atom is -0.507 e. The standard InChI is InChI=1S/C14H17FN2O3/c15-10-1-2-12(18)11(7-10)13(19)8-17-5-3-9(4-6-17)14(16)20/h1-2,7,9,18H,3-6,8H2,(H2,16,20). The minimum atomic E-state index is -0.557. The van der Waals surface area contributed by atoms with Crippen LogP contribution in [-0.4, -0.2) is 41.3 Å². The molecule has 1 fully saturated rings. The molecular formula is C14H17FN2O3. The van der Waals surface area contributed by atoms with Gasteiger partial charge in [0.25, 0.3) is 0 Å². The quantitative estimate of drug-likeness (QED) is 0.803. The van der Waals surface area contributed by atoms with Gasteiger partial charge in [0.05, 0.1) is 12.1 Å². The molecular weight excluding hydrogens is 263 g/mol. The highest BCUT2D eigenvalue weighted by molar-refractivity contribution is 6.00. The summed E-state index contributed by atoms with van der Waals surface area (Å²) in [5.41, 5.74) is 5.23. The molecule has 0 aromatic heterocycles. The molecule has 0 aliphatic carbocycles. The van der Waals surface area contributed by atoms with Gasteiger partial charge in [0, 0.05) is 5.92 Å². The SMILES string of the molecule is NC(=O)C1CCN(CC(=O)c2cc(F)ccc2O)CC1. The van der Waals surface area contributed by atoms with Crippen LogP contribution in [0.2, 0.25) is 0 Å². The number of aromatic hydroxyl groups is 1. The summed E-state index contributed by atoms with van der Waals surface area (Å²) in [6.07, 6.45) is 1.25. The number of amides is 1. The molecule has 20 heavy (non-hydrogen) atoms. The number of ketones is 1. The molecule has 108 valence electrons. The van der Waals surface area contributed by atoms with Gasteiger partial charge < -0.3 is 10.8 Å². The number of carbonyl (C=O) groups is 2. The average molecular weight is 280 g/mol. The van der Waals surface area contributed by atoms with E-state index in [0.717, 1.165) is 12.1 Å². The lowest BCUT2D eigenvalue weighted by atomic mass is 9.96. The Bertz CT molecular complexity index is 525. The third-order valence-electron chi connectivity index (χ3n) is 3.62. The van der Waals surface area contributed by atoms with E-state index in [1.165, 1.54) is 6.07 Å². The topological polar surface area (TPSA) is 83.6 Å². The Morgan fingerprint density at radius 2 is 2.00 bits per heavy atom. The number of rotatable bonds is 4. The molecule has 3 N–H and O–H groups in total. The van der Waals surface area contributed by atoms with Gasteiger partial charge in [-0.15, -0.1) is 0 Å². The molecule has 2 rings (SSSR count). The Hall–Kier alpha value is -1.95. The first-order chi connectivity index (χ1) is 9.47. The number of halogens is 1. The van der Waals surface area contributed by atoms with Gasteiger partial charge >= 0.3 is 0 Å². The van der Waals surface area contributed by atoms with Crippen molar-refractivity contribution in [2.45, 2.75) is 12.8 Å². The van der Waals surface area contributed by atoms with Crippen LogP contribution in [0.1, 0.15) is 23.2 Å². The summed E-state index contributed by atoms with van der Waals surface area (Å²) < 4.78 is 13.1. The van der Waals surface area contributed by atoms with E-state index in [4.69, 9.17) is 5.73 Å². The Balaban J connectivity index is 1.96. The first kappa shape index (κ1) is 14.5. The van der Waals surface area contributed by atoms with Gasteiger partial charge in [-0.2, -0.15) is 0 Å². The van der Waals surface area contributed by atoms with E-state index in [9.17, 15) is 19.1 Å². The zero-order valence-corrected chi connectivity index (χ0v) is 11.0. The number of carbonyl (C=O) groups excluding carboxylic acids is 2. The van der Waals surface area contributed by atoms with Crippen LogP contribution in [0.25, 0.3) is 0 Å². The van der Waals surface area contributed by atoms with Crippen LogP contribution in [0.4, 0.5) is 4.39 Å². The van der Waals surface area contributed by atoms with Crippen molar-refractivity contribution in [1.29, 1.82) is 0 Å². The van der Waals surface area contributed by atoms with Crippen LogP contribution in [0.15, 0.2) is 18.2 Å². The van der Waals surface area contributed by atoms with Crippen LogP contribution in [0, 0.1) is 11.7 Å². The number of primary amides is 1. The van der Waals surface area contributed by atoms with E-state index in [2.05, 4.69) is 0 Å². The monoisotopic (exact) mass is 280 g/mol. The molecule has 0 bridgehead atoms. The van der Waals surface area contributed by atoms with Crippen molar-refractivity contribution >= 4 is 11.7 Å². The summed E-state index contributed by atoms with van der Waals surface area (Å²) >= 11 is 0. The molecule has 1 aliphatic heterocycles. The molecule has 0 spiro atoms. The number of nitrogens with two attached hydrogens (primary N) is 1. The predicted octanol–water partition coefficient (Wildman–Crippen LogP) is 0.911. The zero-order valence-electron chi connectivity index (χ0n) is 11.0. The molecule has 1 heterocycles. The Morgan fingerprint density at radius 1 is 1.35 bits per heavy atom. The van der Waals surface area contributed by atoms with E-state index in [-0.39, 0.29) is 35.5 Å². The lowest BCUT2D eigenvalue weighted by Gasteiger charge is -2.29. The first-order valence-corrected chi connectivity index (χ1v) is 6.50. The average Bonchev–Trinajstić information content (AvgIpc) is 2.42. The zero-order chi connectivity index (χ0) is 14.7. The largest absolute Gasteiger partial charge is 0.507 e. The number of benzene rings is 1. The number of phenolic OH excluding ortho intramolecular Hbond substituents is 1. The highest BCUT2D eigenvalue weighted by Gasteiger charge is 2.25. The smallest absolute Gasteiger partial charge is 0.220 e. The molecule has 6 heteroatoms. The highest BCUT2D eigenvalue weighted by atomic mass is 19.1. The van der Waals surface area contributed by atoms with Crippen LogP contribution in [-0.2, 0) is 4.79 Å². The lowest BCUT2D eigenvalue weighted by Crippen LogP contribution is -2.40. The third kappa shape index (κ3) is 3.33. The molecule has 0 unspecified atom stereocenters. The molecule has 1 aromatic carbocycles. The van der Waals surface area contributed by atoms with E-state index < -0.39 is 5.82 Å². The van der Waals surface area contributed by atoms with Crippen LogP contribution < -0.4 is 5.73 Å². The van der Waals surface area contributed by atoms with Crippen LogP contribution >= 0.6 is 0 Å². The summed E-state index contributed by atoms with van der Waals surface area (Å²) in [4.78, 5) is 25.0. The van der Waals surface area contributed by atoms with E-state index >= 15 is 0 Å². The second-order valence-electron chi connectivity index (χ2n) is 5.04. The first-order valence-electron chi connectivity index (χ1n) is 6.50. The van der Waals surface area contributed by atoms with Gasteiger partial charge in [-0.05, 0) is 44.1 Å². The summed E-state index contributed by atoms with van der Waals surface area (Å²) in [6.45, 7) is 1.29. The van der Waals surface area contributed by atoms with Crippen molar-refractivity contribution in [2.24, 2.45) is 11.7 Å². The number of likely N-dealkylation sites (tertiary alicyclic amines) is 1. The molecule has 0 radical (unpaired) electrons. The van der Waals surface area contributed by atoms with Crippen molar-refractivity contribution in [3.8, 4) is 5.75 Å². The van der Waals surface area contributed by atoms with E-state index in [1.807, 2.05) is 4.90 Å². The van der Waals surface area contributed by atoms with Crippen molar-refractivity contribution in [2.75, 3.05) is 19.6 Å². The normalized spacial score (nSPS) is 17.1. The van der Waals surface area contributed by atoms with Crippen molar-refractivity contribution in [3.63, 3.8) is 0 Å². The maximum absolute atomic E-state index is 13.1. The summed E-state index contributed by atoms with van der Waals surface area (Å²) in [5.74, 6) is -1.55. The second-order valence-corrected chi connectivity index (χ2v) is 5.04. The molecule has 1 saturated heterocycles. The van der Waals surface area contributed by atoms with Crippen molar-refractivity contribution in [1.82, 2.24) is 4.90 Å². The summed E-state index contributed by atoms with van der Waals surface area (Å²) in [7, 11) is 0. The van der Waals surface area contributed by atoms with E-state index in [1.54, 1.807) is 0 Å². The van der Waals surface area contributed by atoms with Gasteiger partial charge in [-0.3, -0.25) is 14.5 Å². The maximum atomic E-state index is 13.1. The third-order valence-corrected chi connectivity index (χ3v) is 3.62. The fraction of sp³-hybridized carbons (Fsp3) is 0.429. The Kier molecular flexibility index (Phi) is 4.34. The van der Waals surface area contributed by atoms with Gasteiger partial charge in [0.1, 0.15) is 11.6 Å². The van der Waals surface area contributed by atoms with Gasteiger partial charge in [0.2, 0.25) is 5.91 Å². The number of piperidine rings is 1. The van der Waals surface area contributed by atoms with Crippen molar-refractivity contribution < 1.29 is 19.1 Å². The Labute approximate surface area is 116 Å². The summed E-state index contributed by atoms with van der Waals surface area (Å²) in [6, 6.07) is 3.31. The molecule has 1 aromatic rings. The second kappa shape index (κ2) is 6.00. The molecule has 5 nitrogen and oxygen atoms in total. The lowest BCUT2D eigenvalue weighted by molar-refractivity contribution is -0.123. The molecule has 1 aliphatic rings. The predicted molar refractivity (Wildman–Crippen MR) is 70.8 cm³/mol. The van der Waals surface area contributed by atoms with E-state index in [0.29, 0.717) is 25.9 Å². The fourth-order valence-electron chi connectivity index (χ4n) is 2.40. The van der Waals surface area contributed by atoms with Crippen molar-refractivity contribution in [3.05, 3.63) is 29.6 Å².